The molecule has 0 fully saturated rings. The van der Waals surface area contributed by atoms with Crippen LogP contribution in [0.1, 0.15) is 41.9 Å². The van der Waals surface area contributed by atoms with Gasteiger partial charge in [-0.3, -0.25) is 0 Å². The average Bonchev–Trinajstić information content (AvgIpc) is 2.95. The molecule has 140 valence electrons. The Labute approximate surface area is 167 Å². The van der Waals surface area contributed by atoms with Crippen molar-refractivity contribution in [2.45, 2.75) is 43.4 Å². The van der Waals surface area contributed by atoms with Crippen molar-refractivity contribution in [1.82, 2.24) is 5.06 Å². The van der Waals surface area contributed by atoms with Gasteiger partial charge in [-0.1, -0.05) is 40.2 Å². The van der Waals surface area contributed by atoms with E-state index < -0.39 is 5.72 Å². The minimum absolute atomic E-state index is 0.0109. The second-order valence-corrected chi connectivity index (χ2v) is 8.46. The monoisotopic (exact) mass is 427 g/mol. The third-order valence-corrected chi connectivity index (χ3v) is 6.38. The molecule has 2 aromatic rings. The Kier molecular flexibility index (Phi) is 3.95. The zero-order valence-corrected chi connectivity index (χ0v) is 16.8. The molecule has 3 aliphatic rings. The summed E-state index contributed by atoms with van der Waals surface area (Å²) in [4.78, 5) is 10.9. The van der Waals surface area contributed by atoms with Crippen LogP contribution >= 0.6 is 15.9 Å². The molecule has 3 atom stereocenters. The number of benzene rings is 2. The lowest BCUT2D eigenvalue weighted by Gasteiger charge is -2.41. The topological polar surface area (TPSA) is 60.1 Å². The van der Waals surface area contributed by atoms with Crippen molar-refractivity contribution in [2.75, 3.05) is 7.05 Å². The number of nitrogens with zero attached hydrogens (tertiary/aromatic N) is 2. The van der Waals surface area contributed by atoms with Gasteiger partial charge in [-0.25, -0.2) is 14.9 Å². The Morgan fingerprint density at radius 3 is 2.93 bits per heavy atom. The first-order valence-corrected chi connectivity index (χ1v) is 10.2. The molecule has 1 aliphatic carbocycles. The Morgan fingerprint density at radius 2 is 2.11 bits per heavy atom. The van der Waals surface area contributed by atoms with E-state index in [-0.39, 0.29) is 6.10 Å². The van der Waals surface area contributed by atoms with Gasteiger partial charge in [0.2, 0.25) is 11.7 Å². The van der Waals surface area contributed by atoms with Gasteiger partial charge in [0, 0.05) is 23.9 Å². The molecule has 2 aliphatic heterocycles. The smallest absolute Gasteiger partial charge is 0.221 e. The second kappa shape index (κ2) is 6.24. The van der Waals surface area contributed by atoms with E-state index in [1.54, 1.807) is 12.1 Å². The van der Waals surface area contributed by atoms with Crippen molar-refractivity contribution in [1.29, 1.82) is 0 Å². The van der Waals surface area contributed by atoms with Gasteiger partial charge in [-0.2, -0.15) is 0 Å². The molecule has 1 spiro atoms. The highest BCUT2D eigenvalue weighted by atomic mass is 79.9. The highest BCUT2D eigenvalue weighted by Gasteiger charge is 2.50. The summed E-state index contributed by atoms with van der Waals surface area (Å²) in [7, 11) is 1.80. The first kappa shape index (κ1) is 17.1. The van der Waals surface area contributed by atoms with Gasteiger partial charge < -0.3 is 10.5 Å². The average molecular weight is 428 g/mol. The van der Waals surface area contributed by atoms with E-state index in [9.17, 15) is 0 Å². The van der Waals surface area contributed by atoms with Crippen molar-refractivity contribution >= 4 is 21.9 Å². The van der Waals surface area contributed by atoms with Crippen LogP contribution in [0.5, 0.6) is 5.75 Å². The minimum atomic E-state index is -0.826. The summed E-state index contributed by atoms with van der Waals surface area (Å²) < 4.78 is 7.48. The molecule has 0 aromatic heterocycles. The van der Waals surface area contributed by atoms with Crippen molar-refractivity contribution in [3.63, 3.8) is 0 Å². The summed E-state index contributed by atoms with van der Waals surface area (Å²) in [5.41, 5.74) is 9.00. The predicted molar refractivity (Wildman–Crippen MR) is 107 cm³/mol. The number of halogens is 1. The molecule has 2 N–H and O–H groups in total. The van der Waals surface area contributed by atoms with Crippen molar-refractivity contribution in [3.8, 4) is 5.75 Å². The summed E-state index contributed by atoms with van der Waals surface area (Å²) in [6.45, 7) is 0. The van der Waals surface area contributed by atoms with Crippen LogP contribution in [0, 0.1) is 0 Å². The van der Waals surface area contributed by atoms with Crippen LogP contribution in [0.25, 0.3) is 0 Å². The van der Waals surface area contributed by atoms with E-state index in [1.165, 1.54) is 17.5 Å². The number of aliphatic imine (C=N–C) groups is 1. The molecular formula is C21H22BrN3O2. The van der Waals surface area contributed by atoms with Gasteiger partial charge in [0.15, 0.2) is 0 Å². The van der Waals surface area contributed by atoms with Crippen LogP contribution < -0.4 is 10.5 Å². The quantitative estimate of drug-likeness (QED) is 0.744. The largest absolute Gasteiger partial charge is 0.489 e. The lowest BCUT2D eigenvalue weighted by Crippen LogP contribution is -2.42. The minimum Gasteiger partial charge on any atom is -0.489 e. The molecule has 27 heavy (non-hydrogen) atoms. The third kappa shape index (κ3) is 2.74. The SMILES string of the molecule is CN1OC2(CC(C3CCCc4ccccc43)Oc3ccc(Br)cc32)N=C1N. The Balaban J connectivity index is 1.59. The highest BCUT2D eigenvalue weighted by Crippen LogP contribution is 2.50. The van der Waals surface area contributed by atoms with Gasteiger partial charge in [-0.15, -0.1) is 0 Å². The normalized spacial score (nSPS) is 29.1. The Bertz CT molecular complexity index is 931. The number of aryl methyl sites for hydroxylation is 1. The van der Waals surface area contributed by atoms with Crippen LogP contribution in [0.4, 0.5) is 0 Å². The van der Waals surface area contributed by atoms with E-state index in [4.69, 9.17) is 20.3 Å². The van der Waals surface area contributed by atoms with Crippen molar-refractivity contribution < 1.29 is 9.57 Å². The summed E-state index contributed by atoms with van der Waals surface area (Å²) in [5, 5.41) is 1.56. The summed E-state index contributed by atoms with van der Waals surface area (Å²) in [5.74, 6) is 1.55. The summed E-state index contributed by atoms with van der Waals surface area (Å²) in [6.07, 6.45) is 4.05. The fourth-order valence-electron chi connectivity index (χ4n) is 4.64. The van der Waals surface area contributed by atoms with Gasteiger partial charge in [0.25, 0.3) is 0 Å². The molecule has 3 unspecified atom stereocenters. The van der Waals surface area contributed by atoms with Crippen LogP contribution in [-0.2, 0) is 17.0 Å². The third-order valence-electron chi connectivity index (χ3n) is 5.89. The van der Waals surface area contributed by atoms with Gasteiger partial charge in [-0.05, 0) is 48.6 Å². The number of rotatable bonds is 1. The van der Waals surface area contributed by atoms with E-state index in [1.807, 2.05) is 18.2 Å². The molecule has 2 aromatic carbocycles. The lowest BCUT2D eigenvalue weighted by molar-refractivity contribution is -0.192. The van der Waals surface area contributed by atoms with Gasteiger partial charge in [0.1, 0.15) is 11.9 Å². The maximum atomic E-state index is 6.51. The van der Waals surface area contributed by atoms with Crippen LogP contribution in [0.2, 0.25) is 0 Å². The molecular weight excluding hydrogens is 406 g/mol. The predicted octanol–water partition coefficient (Wildman–Crippen LogP) is 4.06. The molecule has 5 nitrogen and oxygen atoms in total. The molecule has 0 radical (unpaired) electrons. The number of guanidine groups is 1. The zero-order chi connectivity index (χ0) is 18.6. The van der Waals surface area contributed by atoms with Gasteiger partial charge in [0.05, 0.1) is 5.56 Å². The fraction of sp³-hybridized carbons (Fsp3) is 0.381. The summed E-state index contributed by atoms with van der Waals surface area (Å²) in [6, 6.07) is 14.7. The first-order valence-electron chi connectivity index (χ1n) is 9.38. The van der Waals surface area contributed by atoms with E-state index >= 15 is 0 Å². The number of fused-ring (bicyclic) bond motifs is 3. The van der Waals surface area contributed by atoms with Crippen LogP contribution in [0.3, 0.4) is 0 Å². The zero-order valence-electron chi connectivity index (χ0n) is 15.2. The van der Waals surface area contributed by atoms with E-state index in [0.717, 1.165) is 28.6 Å². The van der Waals surface area contributed by atoms with E-state index in [0.29, 0.717) is 18.3 Å². The molecule has 0 amide bonds. The van der Waals surface area contributed by atoms with Crippen LogP contribution in [-0.4, -0.2) is 24.2 Å². The van der Waals surface area contributed by atoms with Crippen LogP contribution in [0.15, 0.2) is 51.9 Å². The molecule has 6 heteroatoms. The molecule has 0 saturated heterocycles. The Hall–Kier alpha value is -2.05. The van der Waals surface area contributed by atoms with Crippen molar-refractivity contribution in [3.05, 3.63) is 63.6 Å². The van der Waals surface area contributed by atoms with Crippen molar-refractivity contribution in [2.24, 2.45) is 10.7 Å². The fourth-order valence-corrected chi connectivity index (χ4v) is 5.00. The summed E-state index contributed by atoms with van der Waals surface area (Å²) >= 11 is 3.56. The molecule has 0 bridgehead atoms. The maximum absolute atomic E-state index is 6.51. The number of nitrogens with two attached hydrogens (primary N) is 1. The maximum Gasteiger partial charge on any atom is 0.221 e. The number of hydrogen-bond acceptors (Lipinski definition) is 5. The van der Waals surface area contributed by atoms with E-state index in [2.05, 4.69) is 40.2 Å². The number of ether oxygens (including phenoxy) is 1. The molecule has 0 saturated carbocycles. The number of hydroxylamine groups is 2. The molecule has 2 heterocycles. The van der Waals surface area contributed by atoms with Gasteiger partial charge >= 0.3 is 0 Å². The lowest BCUT2D eigenvalue weighted by atomic mass is 9.76. The number of hydrogen-bond donors (Lipinski definition) is 1. The first-order chi connectivity index (χ1) is 13.1. The molecule has 5 rings (SSSR count). The standard InChI is InChI=1S/C21H22BrN3O2/c1-25-20(23)24-21(27-25)12-19(26-18-10-9-14(22)11-17(18)21)16-8-4-6-13-5-2-3-7-15(13)16/h2-3,5,7,9-11,16,19H,4,6,8,12H2,1H3,(H2,23,24). The second-order valence-electron chi connectivity index (χ2n) is 7.54. The highest BCUT2D eigenvalue weighted by molar-refractivity contribution is 9.10. The Morgan fingerprint density at radius 1 is 1.26 bits per heavy atom.